The Morgan fingerprint density at radius 2 is 2.29 bits per heavy atom. The minimum atomic E-state index is -0.853. The maximum absolute atomic E-state index is 10.6. The van der Waals surface area contributed by atoms with E-state index in [1.807, 2.05) is 0 Å². The lowest BCUT2D eigenvalue weighted by Gasteiger charge is -2.07. The molecule has 0 aliphatic rings. The van der Waals surface area contributed by atoms with Gasteiger partial charge in [0.05, 0.1) is 10.9 Å². The van der Waals surface area contributed by atoms with Crippen LogP contribution in [0.25, 0.3) is 0 Å². The zero-order chi connectivity index (χ0) is 10.7. The van der Waals surface area contributed by atoms with Crippen molar-refractivity contribution >= 4 is 29.2 Å². The molecule has 0 saturated carbocycles. The van der Waals surface area contributed by atoms with Gasteiger partial charge in [-0.2, -0.15) is 0 Å². The number of hydrogen-bond donors (Lipinski definition) is 1. The summed E-state index contributed by atoms with van der Waals surface area (Å²) in [6, 6.07) is 1.59. The van der Waals surface area contributed by atoms with E-state index in [9.17, 15) is 4.79 Å². The predicted octanol–water partition coefficient (Wildman–Crippen LogP) is 2.65. The largest absolute Gasteiger partial charge is 0.481 e. The Morgan fingerprint density at radius 3 is 2.86 bits per heavy atom. The van der Waals surface area contributed by atoms with Crippen molar-refractivity contribution in [2.24, 2.45) is 5.92 Å². The molecule has 1 heterocycles. The summed E-state index contributed by atoms with van der Waals surface area (Å²) in [7, 11) is 0. The molecule has 0 spiro atoms. The number of hydrogen-bond acceptors (Lipinski definition) is 2. The summed E-state index contributed by atoms with van der Waals surface area (Å²) in [5, 5.41) is 9.48. The third kappa shape index (κ3) is 2.86. The Morgan fingerprint density at radius 1 is 1.64 bits per heavy atom. The number of rotatable bonds is 3. The van der Waals surface area contributed by atoms with Crippen molar-refractivity contribution in [2.45, 2.75) is 13.3 Å². The van der Waals surface area contributed by atoms with Crippen molar-refractivity contribution in [3.8, 4) is 0 Å². The first-order chi connectivity index (χ1) is 6.50. The van der Waals surface area contributed by atoms with Crippen LogP contribution in [0.4, 0.5) is 0 Å². The molecule has 0 bridgehead atoms. The van der Waals surface area contributed by atoms with Crippen molar-refractivity contribution in [2.75, 3.05) is 0 Å². The van der Waals surface area contributed by atoms with Gasteiger partial charge in [-0.05, 0) is 18.1 Å². The summed E-state index contributed by atoms with van der Waals surface area (Å²) in [5.41, 5.74) is 0.710. The molecule has 1 rings (SSSR count). The summed E-state index contributed by atoms with van der Waals surface area (Å²) in [6.45, 7) is 1.62. The molecule has 1 N–H and O–H groups in total. The van der Waals surface area contributed by atoms with Crippen molar-refractivity contribution in [1.82, 2.24) is 4.98 Å². The summed E-state index contributed by atoms with van der Waals surface area (Å²) >= 11 is 11.5. The van der Waals surface area contributed by atoms with Gasteiger partial charge in [0.25, 0.3) is 0 Å². The fraction of sp³-hybridized carbons (Fsp3) is 0.333. The highest BCUT2D eigenvalue weighted by atomic mass is 35.5. The molecule has 0 fully saturated rings. The molecule has 0 radical (unpaired) electrons. The molecule has 0 aromatic carbocycles. The molecule has 0 aliphatic carbocycles. The van der Waals surface area contributed by atoms with Crippen molar-refractivity contribution < 1.29 is 9.90 Å². The number of halogens is 2. The molecular weight excluding hydrogens is 225 g/mol. The second kappa shape index (κ2) is 4.62. The summed E-state index contributed by atoms with van der Waals surface area (Å²) in [6.07, 6.45) is 1.78. The minimum Gasteiger partial charge on any atom is -0.481 e. The van der Waals surface area contributed by atoms with Gasteiger partial charge in [0.2, 0.25) is 0 Å². The van der Waals surface area contributed by atoms with Gasteiger partial charge in [-0.25, -0.2) is 4.98 Å². The number of carboxylic acids is 1. The lowest BCUT2D eigenvalue weighted by molar-refractivity contribution is -0.141. The zero-order valence-corrected chi connectivity index (χ0v) is 9.01. The fourth-order valence-electron chi connectivity index (χ4n) is 1.02. The van der Waals surface area contributed by atoms with Gasteiger partial charge in [-0.1, -0.05) is 30.1 Å². The van der Waals surface area contributed by atoms with Gasteiger partial charge in [0.1, 0.15) is 5.15 Å². The van der Waals surface area contributed by atoms with Crippen LogP contribution in [0.15, 0.2) is 12.3 Å². The van der Waals surface area contributed by atoms with Crippen LogP contribution in [0, 0.1) is 5.92 Å². The number of aromatic nitrogens is 1. The number of aliphatic carboxylic acids is 1. The van der Waals surface area contributed by atoms with Crippen LogP contribution in [-0.2, 0) is 11.2 Å². The zero-order valence-electron chi connectivity index (χ0n) is 7.50. The van der Waals surface area contributed by atoms with E-state index in [-0.39, 0.29) is 0 Å². The van der Waals surface area contributed by atoms with Gasteiger partial charge in [-0.3, -0.25) is 4.79 Å². The topological polar surface area (TPSA) is 50.2 Å². The van der Waals surface area contributed by atoms with E-state index in [1.54, 1.807) is 13.0 Å². The van der Waals surface area contributed by atoms with E-state index in [0.717, 1.165) is 0 Å². The molecule has 0 amide bonds. The maximum atomic E-state index is 10.6. The van der Waals surface area contributed by atoms with Crippen LogP contribution in [-0.4, -0.2) is 16.1 Å². The highest BCUT2D eigenvalue weighted by Gasteiger charge is 2.13. The molecule has 0 saturated heterocycles. The normalized spacial score (nSPS) is 12.5. The molecule has 14 heavy (non-hydrogen) atoms. The highest BCUT2D eigenvalue weighted by molar-refractivity contribution is 6.32. The summed E-state index contributed by atoms with van der Waals surface area (Å²) in [4.78, 5) is 14.4. The summed E-state index contributed by atoms with van der Waals surface area (Å²) < 4.78 is 0. The lowest BCUT2D eigenvalue weighted by atomic mass is 10.0. The molecule has 1 aromatic heterocycles. The number of nitrogens with zero attached hydrogens (tertiary/aromatic N) is 1. The molecule has 76 valence electrons. The maximum Gasteiger partial charge on any atom is 0.306 e. The summed E-state index contributed by atoms with van der Waals surface area (Å²) in [5.74, 6) is -1.33. The second-order valence-electron chi connectivity index (χ2n) is 3.04. The van der Waals surface area contributed by atoms with Gasteiger partial charge in [0, 0.05) is 6.20 Å². The van der Waals surface area contributed by atoms with E-state index >= 15 is 0 Å². The van der Waals surface area contributed by atoms with Crippen LogP contribution >= 0.6 is 23.2 Å². The quantitative estimate of drug-likeness (QED) is 0.818. The first-order valence-electron chi connectivity index (χ1n) is 4.03. The molecule has 3 nitrogen and oxygen atoms in total. The van der Waals surface area contributed by atoms with Crippen LogP contribution < -0.4 is 0 Å². The smallest absolute Gasteiger partial charge is 0.306 e. The Bertz CT molecular complexity index is 355. The van der Waals surface area contributed by atoms with Gasteiger partial charge < -0.3 is 5.11 Å². The molecule has 5 heteroatoms. The second-order valence-corrected chi connectivity index (χ2v) is 3.84. The van der Waals surface area contributed by atoms with Gasteiger partial charge in [0.15, 0.2) is 0 Å². The monoisotopic (exact) mass is 233 g/mol. The third-order valence-corrected chi connectivity index (χ3v) is 2.40. The van der Waals surface area contributed by atoms with Crippen LogP contribution in [0.5, 0.6) is 0 Å². The van der Waals surface area contributed by atoms with Crippen molar-refractivity contribution in [3.63, 3.8) is 0 Å². The lowest BCUT2D eigenvalue weighted by Crippen LogP contribution is -2.12. The molecule has 0 aliphatic heterocycles. The number of pyridine rings is 1. The van der Waals surface area contributed by atoms with Crippen molar-refractivity contribution in [3.05, 3.63) is 28.0 Å². The number of carbonyl (C=O) groups is 1. The number of carboxylic acid groups (broad SMARTS) is 1. The first-order valence-corrected chi connectivity index (χ1v) is 4.79. The first kappa shape index (κ1) is 11.3. The Hall–Kier alpha value is -0.800. The third-order valence-electron chi connectivity index (χ3n) is 1.85. The van der Waals surface area contributed by atoms with E-state index in [1.165, 1.54) is 6.20 Å². The van der Waals surface area contributed by atoms with Gasteiger partial charge in [-0.15, -0.1) is 0 Å². The molecule has 1 aromatic rings. The molecular formula is C9H9Cl2NO2. The minimum absolute atomic E-state index is 0.321. The fourth-order valence-corrected chi connectivity index (χ4v) is 1.39. The Labute approximate surface area is 91.7 Å². The SMILES string of the molecule is CC(Cc1cc(Cl)ncc1Cl)C(=O)O. The highest BCUT2D eigenvalue weighted by Crippen LogP contribution is 2.21. The van der Waals surface area contributed by atoms with Crippen LogP contribution in [0.2, 0.25) is 10.2 Å². The van der Waals surface area contributed by atoms with Crippen molar-refractivity contribution in [1.29, 1.82) is 0 Å². The standard InChI is InChI=1S/C9H9Cl2NO2/c1-5(9(13)14)2-6-3-8(11)12-4-7(6)10/h3-5H,2H2,1H3,(H,13,14). The van der Waals surface area contributed by atoms with E-state index in [4.69, 9.17) is 28.3 Å². The Kier molecular flexibility index (Phi) is 3.72. The Balaban J connectivity index is 2.85. The van der Waals surface area contributed by atoms with E-state index in [0.29, 0.717) is 22.2 Å². The molecule has 1 unspecified atom stereocenters. The predicted molar refractivity (Wildman–Crippen MR) is 54.8 cm³/mol. The van der Waals surface area contributed by atoms with Crippen LogP contribution in [0.3, 0.4) is 0 Å². The average Bonchev–Trinajstić information content (AvgIpc) is 2.11. The van der Waals surface area contributed by atoms with E-state index < -0.39 is 11.9 Å². The average molecular weight is 234 g/mol. The van der Waals surface area contributed by atoms with Crippen LogP contribution in [0.1, 0.15) is 12.5 Å². The van der Waals surface area contributed by atoms with Gasteiger partial charge >= 0.3 is 5.97 Å². The van der Waals surface area contributed by atoms with E-state index in [2.05, 4.69) is 4.98 Å². The molecule has 1 atom stereocenters.